The van der Waals surface area contributed by atoms with E-state index in [9.17, 15) is 14.4 Å². The lowest BCUT2D eigenvalue weighted by Gasteiger charge is -2.20. The number of carbonyl (C=O) groups excluding carboxylic acids is 1. The Hall–Kier alpha value is -2.64. The van der Waals surface area contributed by atoms with Crippen molar-refractivity contribution in [3.63, 3.8) is 0 Å². The van der Waals surface area contributed by atoms with Crippen LogP contribution in [-0.2, 0) is 13.1 Å². The average Bonchev–Trinajstić information content (AvgIpc) is 3.55. The van der Waals surface area contributed by atoms with Gasteiger partial charge in [0.2, 0.25) is 0 Å². The molecule has 1 N–H and O–H groups in total. The van der Waals surface area contributed by atoms with Crippen molar-refractivity contribution in [1.29, 1.82) is 0 Å². The summed E-state index contributed by atoms with van der Waals surface area (Å²) in [4.78, 5) is 46.6. The van der Waals surface area contributed by atoms with Crippen LogP contribution in [-0.4, -0.2) is 32.4 Å². The van der Waals surface area contributed by atoms with Gasteiger partial charge in [0.05, 0.1) is 21.0 Å². The van der Waals surface area contributed by atoms with E-state index in [2.05, 4.69) is 9.97 Å². The van der Waals surface area contributed by atoms with Crippen molar-refractivity contribution < 1.29 is 4.79 Å². The molecule has 1 aliphatic carbocycles. The lowest BCUT2D eigenvalue weighted by Crippen LogP contribution is -2.33. The number of aromatic amines is 1. The molecule has 156 valence electrons. The van der Waals surface area contributed by atoms with Gasteiger partial charge in [0.1, 0.15) is 0 Å². The van der Waals surface area contributed by atoms with Crippen molar-refractivity contribution in [2.45, 2.75) is 38.8 Å². The molecular weight excluding hydrogens is 427 g/mol. The fraction of sp³-hybridized carbons (Fsp3) is 0.333. The summed E-state index contributed by atoms with van der Waals surface area (Å²) in [7, 11) is 1.63. The molecule has 2 aromatic heterocycles. The summed E-state index contributed by atoms with van der Waals surface area (Å²) < 4.78 is 1.38. The number of halogens is 2. The van der Waals surface area contributed by atoms with E-state index in [1.54, 1.807) is 38.2 Å². The number of hydrogen-bond donors (Lipinski definition) is 1. The molecule has 1 aliphatic rings. The number of hydrogen-bond acceptors (Lipinski definition) is 4. The van der Waals surface area contributed by atoms with Gasteiger partial charge in [-0.15, -0.1) is 0 Å². The zero-order valence-electron chi connectivity index (χ0n) is 16.5. The van der Waals surface area contributed by atoms with Gasteiger partial charge < -0.3 is 4.90 Å². The lowest BCUT2D eigenvalue weighted by atomic mass is 10.1. The first-order valence-electron chi connectivity index (χ1n) is 9.68. The van der Waals surface area contributed by atoms with Crippen LogP contribution in [0.15, 0.2) is 33.9 Å². The number of nitrogens with one attached hydrogen (secondary N) is 1. The molecule has 0 spiro atoms. The van der Waals surface area contributed by atoms with Crippen molar-refractivity contribution in [2.24, 2.45) is 0 Å². The second kappa shape index (κ2) is 7.89. The van der Waals surface area contributed by atoms with E-state index in [-0.39, 0.29) is 35.0 Å². The highest BCUT2D eigenvalue weighted by Crippen LogP contribution is 2.40. The second-order valence-electron chi connectivity index (χ2n) is 7.45. The van der Waals surface area contributed by atoms with Crippen LogP contribution in [0.25, 0.3) is 11.0 Å². The van der Waals surface area contributed by atoms with E-state index < -0.39 is 11.2 Å². The first-order valence-corrected chi connectivity index (χ1v) is 10.4. The normalized spacial score (nSPS) is 13.6. The highest BCUT2D eigenvalue weighted by atomic mass is 35.5. The van der Waals surface area contributed by atoms with Crippen LogP contribution >= 0.6 is 23.2 Å². The molecule has 0 saturated heterocycles. The molecule has 3 aromatic rings. The van der Waals surface area contributed by atoms with Crippen LogP contribution in [0, 0.1) is 0 Å². The Balaban J connectivity index is 1.84. The number of H-pyrrole nitrogens is 1. The molecule has 7 nitrogen and oxygen atoms in total. The van der Waals surface area contributed by atoms with Gasteiger partial charge in [-0.2, -0.15) is 0 Å². The average molecular weight is 447 g/mol. The Labute approximate surface area is 182 Å². The topological polar surface area (TPSA) is 88.1 Å². The van der Waals surface area contributed by atoms with E-state index in [0.29, 0.717) is 22.2 Å². The third kappa shape index (κ3) is 3.63. The van der Waals surface area contributed by atoms with E-state index in [4.69, 9.17) is 23.2 Å². The zero-order chi connectivity index (χ0) is 21.6. The fourth-order valence-corrected chi connectivity index (χ4v) is 3.93. The first-order chi connectivity index (χ1) is 14.3. The molecule has 1 aromatic carbocycles. The van der Waals surface area contributed by atoms with E-state index in [0.717, 1.165) is 18.5 Å². The molecule has 4 rings (SSSR count). The Morgan fingerprint density at radius 1 is 1.30 bits per heavy atom. The van der Waals surface area contributed by atoms with Gasteiger partial charge in [0.15, 0.2) is 5.65 Å². The Morgan fingerprint density at radius 3 is 2.70 bits per heavy atom. The van der Waals surface area contributed by atoms with Crippen molar-refractivity contribution in [3.05, 3.63) is 72.0 Å². The van der Waals surface area contributed by atoms with E-state index in [1.165, 1.54) is 9.47 Å². The Kier molecular flexibility index (Phi) is 5.42. The molecule has 0 bridgehead atoms. The smallest absolute Gasteiger partial charge is 0.329 e. The summed E-state index contributed by atoms with van der Waals surface area (Å²) in [6, 6.07) is 6.91. The first kappa shape index (κ1) is 20.6. The monoisotopic (exact) mass is 446 g/mol. The van der Waals surface area contributed by atoms with Crippen LogP contribution in [0.1, 0.15) is 47.3 Å². The summed E-state index contributed by atoms with van der Waals surface area (Å²) in [5.41, 5.74) is 0.742. The molecule has 0 aliphatic heterocycles. The number of fused-ring (bicyclic) bond motifs is 1. The lowest BCUT2D eigenvalue weighted by molar-refractivity contribution is 0.0786. The molecular formula is C21H20Cl2N4O3. The predicted molar refractivity (Wildman–Crippen MR) is 117 cm³/mol. The van der Waals surface area contributed by atoms with Crippen LogP contribution < -0.4 is 11.2 Å². The quantitative estimate of drug-likeness (QED) is 0.648. The van der Waals surface area contributed by atoms with Gasteiger partial charge in [-0.05, 0) is 37.5 Å². The second-order valence-corrected chi connectivity index (χ2v) is 8.23. The maximum absolute atomic E-state index is 13.4. The van der Waals surface area contributed by atoms with Crippen LogP contribution in [0.3, 0.4) is 0 Å². The maximum Gasteiger partial charge on any atom is 0.329 e. The molecule has 1 amide bonds. The van der Waals surface area contributed by atoms with Crippen LogP contribution in [0.2, 0.25) is 10.0 Å². The number of amides is 1. The summed E-state index contributed by atoms with van der Waals surface area (Å²) in [5.74, 6) is -0.111. The number of aryl methyl sites for hydroxylation is 1. The Bertz CT molecular complexity index is 1280. The molecule has 0 radical (unpaired) electrons. The predicted octanol–water partition coefficient (Wildman–Crippen LogP) is 3.56. The molecule has 2 heterocycles. The standard InChI is InChI=1S/C21H20Cl2N4O3/c1-3-27-18-16(19(28)25-21(27)30)13(9-15(24-18)11-7-8-11)20(29)26(2)10-12-5-4-6-14(22)17(12)23/h4-6,9,11H,3,7-8,10H2,1-2H3,(H,25,28,30). The van der Waals surface area contributed by atoms with E-state index in [1.807, 2.05) is 0 Å². The zero-order valence-corrected chi connectivity index (χ0v) is 18.0. The highest BCUT2D eigenvalue weighted by molar-refractivity contribution is 6.42. The van der Waals surface area contributed by atoms with Gasteiger partial charge in [0, 0.05) is 31.7 Å². The molecule has 30 heavy (non-hydrogen) atoms. The minimum atomic E-state index is -0.618. The Morgan fingerprint density at radius 2 is 2.03 bits per heavy atom. The molecule has 0 atom stereocenters. The number of aromatic nitrogens is 3. The number of benzene rings is 1. The highest BCUT2D eigenvalue weighted by Gasteiger charge is 2.29. The third-order valence-electron chi connectivity index (χ3n) is 5.30. The van der Waals surface area contributed by atoms with Crippen molar-refractivity contribution in [1.82, 2.24) is 19.4 Å². The van der Waals surface area contributed by atoms with Crippen molar-refractivity contribution in [2.75, 3.05) is 7.05 Å². The summed E-state index contributed by atoms with van der Waals surface area (Å²) in [6.07, 6.45) is 1.94. The molecule has 1 saturated carbocycles. The van der Waals surface area contributed by atoms with Gasteiger partial charge >= 0.3 is 5.69 Å². The van der Waals surface area contributed by atoms with Gasteiger partial charge in [-0.25, -0.2) is 9.78 Å². The molecule has 0 unspecified atom stereocenters. The van der Waals surface area contributed by atoms with Crippen molar-refractivity contribution in [3.8, 4) is 0 Å². The SMILES string of the molecule is CCn1c(=O)[nH]c(=O)c2c(C(=O)N(C)Cc3cccc(Cl)c3Cl)cc(C3CC3)nc21. The summed E-state index contributed by atoms with van der Waals surface area (Å²) in [6.45, 7) is 2.33. The van der Waals surface area contributed by atoms with Gasteiger partial charge in [-0.3, -0.25) is 19.1 Å². The number of nitrogens with zero attached hydrogens (tertiary/aromatic N) is 3. The minimum Gasteiger partial charge on any atom is -0.337 e. The largest absolute Gasteiger partial charge is 0.337 e. The minimum absolute atomic E-state index is 0.120. The molecule has 1 fully saturated rings. The van der Waals surface area contributed by atoms with Gasteiger partial charge in [-0.1, -0.05) is 35.3 Å². The fourth-order valence-electron chi connectivity index (χ4n) is 3.55. The molecule has 9 heteroatoms. The summed E-state index contributed by atoms with van der Waals surface area (Å²) >= 11 is 12.3. The van der Waals surface area contributed by atoms with Crippen LogP contribution in [0.4, 0.5) is 0 Å². The van der Waals surface area contributed by atoms with Crippen LogP contribution in [0.5, 0.6) is 0 Å². The maximum atomic E-state index is 13.4. The summed E-state index contributed by atoms with van der Waals surface area (Å²) in [5, 5.41) is 0.911. The number of carbonyl (C=O) groups is 1. The number of rotatable bonds is 5. The van der Waals surface area contributed by atoms with Crippen molar-refractivity contribution >= 4 is 40.1 Å². The van der Waals surface area contributed by atoms with E-state index >= 15 is 0 Å². The number of pyridine rings is 1. The third-order valence-corrected chi connectivity index (χ3v) is 6.15. The van der Waals surface area contributed by atoms with Gasteiger partial charge in [0.25, 0.3) is 11.5 Å².